The number of rotatable bonds is 6. The Bertz CT molecular complexity index is 1020. The zero-order valence-electron chi connectivity index (χ0n) is 17.0. The van der Waals surface area contributed by atoms with Crippen molar-refractivity contribution >= 4 is 34.0 Å². The minimum atomic E-state index is 0.0975. The lowest BCUT2D eigenvalue weighted by atomic mass is 9.96. The van der Waals surface area contributed by atoms with Crippen molar-refractivity contribution < 1.29 is 9.53 Å². The van der Waals surface area contributed by atoms with Crippen LogP contribution in [0.1, 0.15) is 12.8 Å². The molecule has 0 atom stereocenters. The normalized spacial score (nSPS) is 14.4. The number of methoxy groups -OCH3 is 1. The number of thiazole rings is 1. The standard InChI is InChI=1S/C21H24N6O2S/c1-22-20(28)14-7-10-27(11-8-14)21-24-13-17(30-21)16-4-3-5-18(25-16)26-19-12-15(29-2)6-9-23-19/h3-6,9,12-14H,7-8,10-11H2,1-2H3,(H,22,28)(H,23,25,26). The highest BCUT2D eigenvalue weighted by Crippen LogP contribution is 2.33. The fraction of sp³-hybridized carbons (Fsp3) is 0.333. The van der Waals surface area contributed by atoms with Crippen LogP contribution in [0.15, 0.2) is 42.7 Å². The number of nitrogens with zero attached hydrogens (tertiary/aromatic N) is 4. The molecule has 0 saturated carbocycles. The van der Waals surface area contributed by atoms with Gasteiger partial charge in [0.2, 0.25) is 5.91 Å². The molecule has 1 aliphatic rings. The molecule has 0 spiro atoms. The van der Waals surface area contributed by atoms with Gasteiger partial charge in [0.15, 0.2) is 5.13 Å². The first-order chi connectivity index (χ1) is 14.7. The SMILES string of the molecule is CNC(=O)C1CCN(c2ncc(-c3cccc(Nc4cc(OC)ccn4)n3)s2)CC1. The van der Waals surface area contributed by atoms with E-state index in [9.17, 15) is 4.79 Å². The lowest BCUT2D eigenvalue weighted by molar-refractivity contribution is -0.125. The number of hydrogen-bond acceptors (Lipinski definition) is 8. The third kappa shape index (κ3) is 4.51. The maximum absolute atomic E-state index is 11.8. The average molecular weight is 425 g/mol. The molecule has 1 fully saturated rings. The number of nitrogens with one attached hydrogen (secondary N) is 2. The number of anilines is 3. The van der Waals surface area contributed by atoms with Crippen LogP contribution in [0.3, 0.4) is 0 Å². The topological polar surface area (TPSA) is 92.3 Å². The maximum Gasteiger partial charge on any atom is 0.222 e. The summed E-state index contributed by atoms with van der Waals surface area (Å²) >= 11 is 1.62. The zero-order chi connectivity index (χ0) is 20.9. The predicted molar refractivity (Wildman–Crippen MR) is 118 cm³/mol. The Kier molecular flexibility index (Phi) is 6.08. The first-order valence-electron chi connectivity index (χ1n) is 9.83. The summed E-state index contributed by atoms with van der Waals surface area (Å²) < 4.78 is 5.24. The molecular formula is C21H24N6O2S. The summed E-state index contributed by atoms with van der Waals surface area (Å²) in [6.07, 6.45) is 5.24. The molecule has 8 nitrogen and oxygen atoms in total. The van der Waals surface area contributed by atoms with Gasteiger partial charge in [-0.15, -0.1) is 0 Å². The molecule has 9 heteroatoms. The maximum atomic E-state index is 11.8. The fourth-order valence-corrected chi connectivity index (χ4v) is 4.38. The molecule has 1 aliphatic heterocycles. The van der Waals surface area contributed by atoms with Crippen LogP contribution in [0.5, 0.6) is 5.75 Å². The Morgan fingerprint density at radius 1 is 1.20 bits per heavy atom. The molecule has 2 N–H and O–H groups in total. The second-order valence-electron chi connectivity index (χ2n) is 7.00. The molecule has 0 radical (unpaired) electrons. The van der Waals surface area contributed by atoms with Gasteiger partial charge in [-0.2, -0.15) is 0 Å². The van der Waals surface area contributed by atoms with E-state index in [4.69, 9.17) is 9.72 Å². The van der Waals surface area contributed by atoms with Crippen LogP contribution in [0.2, 0.25) is 0 Å². The molecule has 0 bridgehead atoms. The summed E-state index contributed by atoms with van der Waals surface area (Å²) in [5, 5.41) is 6.93. The molecule has 0 aliphatic carbocycles. The van der Waals surface area contributed by atoms with Gasteiger partial charge in [-0.05, 0) is 31.0 Å². The molecule has 4 rings (SSSR count). The van der Waals surface area contributed by atoms with Crippen molar-refractivity contribution in [3.63, 3.8) is 0 Å². The van der Waals surface area contributed by atoms with Gasteiger partial charge in [0.05, 0.1) is 17.7 Å². The summed E-state index contributed by atoms with van der Waals surface area (Å²) in [5.74, 6) is 2.34. The molecule has 0 aromatic carbocycles. The second kappa shape index (κ2) is 9.08. The van der Waals surface area contributed by atoms with E-state index in [-0.39, 0.29) is 11.8 Å². The summed E-state index contributed by atoms with van der Waals surface area (Å²) in [6, 6.07) is 9.45. The van der Waals surface area contributed by atoms with E-state index in [1.807, 2.05) is 30.5 Å². The third-order valence-corrected chi connectivity index (χ3v) is 6.18. The first kappa shape index (κ1) is 20.1. The van der Waals surface area contributed by atoms with E-state index in [0.29, 0.717) is 11.6 Å². The zero-order valence-corrected chi connectivity index (χ0v) is 17.8. The van der Waals surface area contributed by atoms with Crippen molar-refractivity contribution in [3.05, 3.63) is 42.7 Å². The molecular weight excluding hydrogens is 400 g/mol. The Balaban J connectivity index is 1.45. The minimum Gasteiger partial charge on any atom is -0.497 e. The van der Waals surface area contributed by atoms with Crippen molar-refractivity contribution in [2.24, 2.45) is 5.92 Å². The van der Waals surface area contributed by atoms with Crippen molar-refractivity contribution in [3.8, 4) is 16.3 Å². The first-order valence-corrected chi connectivity index (χ1v) is 10.6. The number of carbonyl (C=O) groups is 1. The Morgan fingerprint density at radius 2 is 2.03 bits per heavy atom. The highest BCUT2D eigenvalue weighted by atomic mass is 32.1. The largest absolute Gasteiger partial charge is 0.497 e. The van der Waals surface area contributed by atoms with Crippen LogP contribution < -0.4 is 20.3 Å². The molecule has 4 heterocycles. The van der Waals surface area contributed by atoms with E-state index in [0.717, 1.165) is 47.4 Å². The van der Waals surface area contributed by atoms with Gasteiger partial charge in [0.1, 0.15) is 17.4 Å². The van der Waals surface area contributed by atoms with Crippen molar-refractivity contribution in [2.75, 3.05) is 37.5 Å². The van der Waals surface area contributed by atoms with Crippen molar-refractivity contribution in [2.45, 2.75) is 12.8 Å². The highest BCUT2D eigenvalue weighted by Gasteiger charge is 2.25. The van der Waals surface area contributed by atoms with Crippen LogP contribution in [-0.4, -0.2) is 48.1 Å². The van der Waals surface area contributed by atoms with Crippen molar-refractivity contribution in [1.29, 1.82) is 0 Å². The molecule has 3 aromatic heterocycles. The number of aromatic nitrogens is 3. The molecule has 30 heavy (non-hydrogen) atoms. The lowest BCUT2D eigenvalue weighted by Crippen LogP contribution is -2.39. The summed E-state index contributed by atoms with van der Waals surface area (Å²) in [6.45, 7) is 1.67. The van der Waals surface area contributed by atoms with Crippen LogP contribution in [0.25, 0.3) is 10.6 Å². The van der Waals surface area contributed by atoms with E-state index >= 15 is 0 Å². The minimum absolute atomic E-state index is 0.0975. The number of piperidine rings is 1. The Hall–Kier alpha value is -3.20. The molecule has 1 amide bonds. The van der Waals surface area contributed by atoms with Gasteiger partial charge in [0, 0.05) is 44.5 Å². The van der Waals surface area contributed by atoms with Gasteiger partial charge < -0.3 is 20.3 Å². The number of pyridine rings is 2. The van der Waals surface area contributed by atoms with Crippen LogP contribution in [-0.2, 0) is 4.79 Å². The number of hydrogen-bond donors (Lipinski definition) is 2. The monoisotopic (exact) mass is 424 g/mol. The molecule has 156 valence electrons. The van der Waals surface area contributed by atoms with Gasteiger partial charge in [-0.1, -0.05) is 17.4 Å². The summed E-state index contributed by atoms with van der Waals surface area (Å²) in [5.41, 5.74) is 0.854. The Labute approximate surface area is 179 Å². The third-order valence-electron chi connectivity index (χ3n) is 5.10. The molecule has 3 aromatic rings. The van der Waals surface area contributed by atoms with E-state index in [2.05, 4.69) is 25.5 Å². The van der Waals surface area contributed by atoms with E-state index in [1.54, 1.807) is 37.8 Å². The quantitative estimate of drug-likeness (QED) is 0.627. The summed E-state index contributed by atoms with van der Waals surface area (Å²) in [7, 11) is 3.32. The number of carbonyl (C=O) groups excluding carboxylic acids is 1. The lowest BCUT2D eigenvalue weighted by Gasteiger charge is -2.30. The van der Waals surface area contributed by atoms with Gasteiger partial charge >= 0.3 is 0 Å². The van der Waals surface area contributed by atoms with Crippen LogP contribution in [0, 0.1) is 5.92 Å². The second-order valence-corrected chi connectivity index (χ2v) is 8.01. The average Bonchev–Trinajstić information content (AvgIpc) is 3.29. The summed E-state index contributed by atoms with van der Waals surface area (Å²) in [4.78, 5) is 28.7. The van der Waals surface area contributed by atoms with Gasteiger partial charge in [-0.3, -0.25) is 4.79 Å². The van der Waals surface area contributed by atoms with Crippen LogP contribution >= 0.6 is 11.3 Å². The molecule has 1 saturated heterocycles. The van der Waals surface area contributed by atoms with Crippen molar-refractivity contribution in [1.82, 2.24) is 20.3 Å². The Morgan fingerprint density at radius 3 is 2.80 bits per heavy atom. The number of amides is 1. The van der Waals surface area contributed by atoms with E-state index < -0.39 is 0 Å². The highest BCUT2D eigenvalue weighted by molar-refractivity contribution is 7.18. The van der Waals surface area contributed by atoms with Gasteiger partial charge in [-0.25, -0.2) is 15.0 Å². The number of ether oxygens (including phenoxy) is 1. The molecule has 0 unspecified atom stereocenters. The predicted octanol–water partition coefficient (Wildman–Crippen LogP) is 3.31. The fourth-order valence-electron chi connectivity index (χ4n) is 3.45. The smallest absolute Gasteiger partial charge is 0.222 e. The van der Waals surface area contributed by atoms with E-state index in [1.165, 1.54) is 0 Å². The van der Waals surface area contributed by atoms with Gasteiger partial charge in [0.25, 0.3) is 0 Å². The van der Waals surface area contributed by atoms with Crippen LogP contribution in [0.4, 0.5) is 16.8 Å².